The summed E-state index contributed by atoms with van der Waals surface area (Å²) in [5.41, 5.74) is 0. The Labute approximate surface area is 104 Å². The predicted octanol–water partition coefficient (Wildman–Crippen LogP) is 3.56. The second kappa shape index (κ2) is 7.06. The summed E-state index contributed by atoms with van der Waals surface area (Å²) >= 11 is 5.23. The maximum Gasteiger partial charge on any atom is 0.223 e. The van der Waals surface area contributed by atoms with Crippen molar-refractivity contribution in [3.8, 4) is 0 Å². The molecule has 0 aliphatic rings. The predicted molar refractivity (Wildman–Crippen MR) is 69.5 cm³/mol. The van der Waals surface area contributed by atoms with Gasteiger partial charge in [0.2, 0.25) is 5.95 Å². The van der Waals surface area contributed by atoms with Crippen molar-refractivity contribution in [3.63, 3.8) is 0 Å². The Balaban J connectivity index is 2.63. The molecule has 0 fully saturated rings. The van der Waals surface area contributed by atoms with Crippen molar-refractivity contribution in [2.24, 2.45) is 0 Å². The van der Waals surface area contributed by atoms with Crippen LogP contribution in [0.4, 0.5) is 5.95 Å². The lowest BCUT2D eigenvalue weighted by atomic mass is 10.4. The molecule has 0 unspecified atom stereocenters. The van der Waals surface area contributed by atoms with Gasteiger partial charge < -0.3 is 5.32 Å². The summed E-state index contributed by atoms with van der Waals surface area (Å²) in [5, 5.41) is 4.13. The highest BCUT2D eigenvalue weighted by atomic mass is 79.9. The van der Waals surface area contributed by atoms with Gasteiger partial charge in [-0.15, -0.1) is 11.8 Å². The third-order valence-corrected chi connectivity index (χ3v) is 3.70. The minimum Gasteiger partial charge on any atom is -0.354 e. The van der Waals surface area contributed by atoms with Gasteiger partial charge in [0, 0.05) is 12.7 Å². The molecule has 15 heavy (non-hydrogen) atoms. The van der Waals surface area contributed by atoms with Crippen molar-refractivity contribution in [2.45, 2.75) is 31.7 Å². The van der Waals surface area contributed by atoms with Crippen LogP contribution in [0.3, 0.4) is 0 Å². The molecule has 0 atom stereocenters. The van der Waals surface area contributed by atoms with Gasteiger partial charge in [-0.2, -0.15) is 0 Å². The second-order valence-corrected chi connectivity index (χ2v) is 5.02. The lowest BCUT2D eigenvalue weighted by Gasteiger charge is -2.05. The van der Waals surface area contributed by atoms with Crippen LogP contribution in [0.2, 0.25) is 0 Å². The van der Waals surface area contributed by atoms with Gasteiger partial charge in [0.05, 0.1) is 4.47 Å². The first-order chi connectivity index (χ1) is 7.27. The molecule has 1 N–H and O–H groups in total. The van der Waals surface area contributed by atoms with Crippen molar-refractivity contribution < 1.29 is 0 Å². The van der Waals surface area contributed by atoms with Crippen LogP contribution in [-0.4, -0.2) is 22.3 Å². The summed E-state index contributed by atoms with van der Waals surface area (Å²) in [5.74, 6) is 1.82. The molecule has 1 aromatic heterocycles. The number of nitrogens with zero attached hydrogens (tertiary/aromatic N) is 2. The largest absolute Gasteiger partial charge is 0.354 e. The van der Waals surface area contributed by atoms with E-state index in [2.05, 4.69) is 38.1 Å². The number of unbranched alkanes of at least 4 members (excludes halogenated alkanes) is 1. The average Bonchev–Trinajstić information content (AvgIpc) is 2.23. The SMILES string of the molecule is CCCCSc1nc(NCC)ncc1Br. The minimum absolute atomic E-state index is 0.708. The van der Waals surface area contributed by atoms with Crippen LogP contribution in [0.5, 0.6) is 0 Å². The van der Waals surface area contributed by atoms with Crippen LogP contribution in [0.1, 0.15) is 26.7 Å². The highest BCUT2D eigenvalue weighted by Gasteiger charge is 2.04. The van der Waals surface area contributed by atoms with Crippen molar-refractivity contribution in [1.29, 1.82) is 0 Å². The van der Waals surface area contributed by atoms with E-state index < -0.39 is 0 Å². The Morgan fingerprint density at radius 2 is 2.27 bits per heavy atom. The van der Waals surface area contributed by atoms with Crippen LogP contribution in [0.15, 0.2) is 15.7 Å². The lowest BCUT2D eigenvalue weighted by molar-refractivity contribution is 0.893. The van der Waals surface area contributed by atoms with Crippen LogP contribution in [0.25, 0.3) is 0 Å². The third kappa shape index (κ3) is 4.38. The molecule has 1 heterocycles. The molecule has 1 aromatic rings. The molecule has 0 radical (unpaired) electrons. The van der Waals surface area contributed by atoms with Gasteiger partial charge in [-0.05, 0) is 35.0 Å². The van der Waals surface area contributed by atoms with E-state index in [0.29, 0.717) is 5.95 Å². The summed E-state index contributed by atoms with van der Waals surface area (Å²) < 4.78 is 0.977. The van der Waals surface area contributed by atoms with Gasteiger partial charge in [-0.25, -0.2) is 9.97 Å². The summed E-state index contributed by atoms with van der Waals surface area (Å²) in [7, 11) is 0. The number of anilines is 1. The fraction of sp³-hybridized carbons (Fsp3) is 0.600. The number of hydrogen-bond donors (Lipinski definition) is 1. The average molecular weight is 290 g/mol. The highest BCUT2D eigenvalue weighted by molar-refractivity contribution is 9.10. The van der Waals surface area contributed by atoms with E-state index >= 15 is 0 Å². The minimum atomic E-state index is 0.708. The molecule has 1 rings (SSSR count). The monoisotopic (exact) mass is 289 g/mol. The summed E-state index contributed by atoms with van der Waals surface area (Å²) in [4.78, 5) is 8.60. The first-order valence-electron chi connectivity index (χ1n) is 5.17. The van der Waals surface area contributed by atoms with Crippen molar-refractivity contribution in [2.75, 3.05) is 17.6 Å². The number of rotatable bonds is 6. The van der Waals surface area contributed by atoms with Crippen LogP contribution in [0, 0.1) is 0 Å². The quantitative estimate of drug-likeness (QED) is 0.494. The summed E-state index contributed by atoms with van der Waals surface area (Å²) in [6.07, 6.45) is 4.24. The van der Waals surface area contributed by atoms with Gasteiger partial charge >= 0.3 is 0 Å². The molecule has 0 amide bonds. The van der Waals surface area contributed by atoms with E-state index in [1.54, 1.807) is 18.0 Å². The number of nitrogens with one attached hydrogen (secondary N) is 1. The van der Waals surface area contributed by atoms with Gasteiger partial charge in [-0.3, -0.25) is 0 Å². The number of aromatic nitrogens is 2. The van der Waals surface area contributed by atoms with E-state index in [9.17, 15) is 0 Å². The molecule has 0 bridgehead atoms. The smallest absolute Gasteiger partial charge is 0.223 e. The van der Waals surface area contributed by atoms with Crippen molar-refractivity contribution in [1.82, 2.24) is 9.97 Å². The molecule has 0 spiro atoms. The van der Waals surface area contributed by atoms with Gasteiger partial charge in [0.25, 0.3) is 0 Å². The molecular formula is C10H16BrN3S. The molecule has 5 heteroatoms. The zero-order valence-corrected chi connectivity index (χ0v) is 11.5. The highest BCUT2D eigenvalue weighted by Crippen LogP contribution is 2.26. The van der Waals surface area contributed by atoms with Gasteiger partial charge in [0.1, 0.15) is 5.03 Å². The van der Waals surface area contributed by atoms with Gasteiger partial charge in [-0.1, -0.05) is 13.3 Å². The molecule has 0 saturated carbocycles. The van der Waals surface area contributed by atoms with E-state index in [1.807, 2.05) is 6.92 Å². The molecule has 0 aliphatic carbocycles. The normalized spacial score (nSPS) is 10.3. The standard InChI is InChI=1S/C10H16BrN3S/c1-3-5-6-15-9-8(11)7-13-10(14-9)12-4-2/h7H,3-6H2,1-2H3,(H,12,13,14). The summed E-state index contributed by atoms with van der Waals surface area (Å²) in [6, 6.07) is 0. The summed E-state index contributed by atoms with van der Waals surface area (Å²) in [6.45, 7) is 5.08. The van der Waals surface area contributed by atoms with Crippen molar-refractivity contribution >= 4 is 33.6 Å². The van der Waals surface area contributed by atoms with Crippen LogP contribution in [-0.2, 0) is 0 Å². The molecular weight excluding hydrogens is 274 g/mol. The Bertz CT molecular complexity index is 307. The Morgan fingerprint density at radius 3 is 2.93 bits per heavy atom. The van der Waals surface area contributed by atoms with Gasteiger partial charge in [0.15, 0.2) is 0 Å². The zero-order chi connectivity index (χ0) is 11.1. The Kier molecular flexibility index (Phi) is 6.02. The lowest BCUT2D eigenvalue weighted by Crippen LogP contribution is -2.02. The fourth-order valence-corrected chi connectivity index (χ4v) is 2.51. The third-order valence-electron chi connectivity index (χ3n) is 1.78. The molecule has 84 valence electrons. The van der Waals surface area contributed by atoms with Crippen LogP contribution >= 0.6 is 27.7 Å². The molecule has 0 aromatic carbocycles. The number of hydrogen-bond acceptors (Lipinski definition) is 4. The van der Waals surface area contributed by atoms with E-state index in [0.717, 1.165) is 21.8 Å². The number of thioether (sulfide) groups is 1. The van der Waals surface area contributed by atoms with E-state index in [-0.39, 0.29) is 0 Å². The first-order valence-corrected chi connectivity index (χ1v) is 6.95. The fourth-order valence-electron chi connectivity index (χ4n) is 1.01. The maximum atomic E-state index is 4.43. The molecule has 3 nitrogen and oxygen atoms in total. The first kappa shape index (κ1) is 12.8. The Hall–Kier alpha value is -0.290. The Morgan fingerprint density at radius 1 is 1.47 bits per heavy atom. The number of halogens is 1. The topological polar surface area (TPSA) is 37.8 Å². The van der Waals surface area contributed by atoms with Crippen LogP contribution < -0.4 is 5.32 Å². The maximum absolute atomic E-state index is 4.43. The zero-order valence-electron chi connectivity index (χ0n) is 9.09. The van der Waals surface area contributed by atoms with E-state index in [1.165, 1.54) is 12.8 Å². The molecule has 0 aliphatic heterocycles. The molecule has 0 saturated heterocycles. The van der Waals surface area contributed by atoms with E-state index in [4.69, 9.17) is 0 Å². The second-order valence-electron chi connectivity index (χ2n) is 3.08. The van der Waals surface area contributed by atoms with Crippen molar-refractivity contribution in [3.05, 3.63) is 10.7 Å².